The van der Waals surface area contributed by atoms with E-state index >= 15 is 0 Å². The van der Waals surface area contributed by atoms with Gasteiger partial charge in [0.25, 0.3) is 5.91 Å². The van der Waals surface area contributed by atoms with Crippen LogP contribution in [0.5, 0.6) is 0 Å². The van der Waals surface area contributed by atoms with Crippen LogP contribution in [0.25, 0.3) is 11.0 Å². The van der Waals surface area contributed by atoms with Gasteiger partial charge in [-0.05, 0) is 51.7 Å². The molecular formula is C27H34N4O5. The third-order valence-electron chi connectivity index (χ3n) is 6.66. The molecule has 4 rings (SSSR count). The summed E-state index contributed by atoms with van der Waals surface area (Å²) in [6.45, 7) is 6.31. The van der Waals surface area contributed by atoms with Gasteiger partial charge >= 0.3 is 5.97 Å². The number of hydrogen-bond donors (Lipinski definition) is 3. The summed E-state index contributed by atoms with van der Waals surface area (Å²) < 4.78 is 12.5. The highest BCUT2D eigenvalue weighted by molar-refractivity contribution is 6.12. The smallest absolute Gasteiger partial charge is 0.356 e. The molecule has 0 bridgehead atoms. The molecule has 1 aromatic carbocycles. The number of amides is 1. The Labute approximate surface area is 210 Å². The number of carbonyl (C=O) groups excluding carboxylic acids is 2. The van der Waals surface area contributed by atoms with Crippen molar-refractivity contribution in [2.24, 2.45) is 0 Å². The number of methoxy groups -OCH3 is 1. The molecule has 1 saturated heterocycles. The number of aryl methyl sites for hydroxylation is 2. The average molecular weight is 495 g/mol. The molecule has 1 aliphatic rings. The molecule has 0 saturated carbocycles. The van der Waals surface area contributed by atoms with E-state index in [1.165, 1.54) is 7.11 Å². The quantitative estimate of drug-likeness (QED) is 0.388. The van der Waals surface area contributed by atoms with Gasteiger partial charge in [0.1, 0.15) is 11.8 Å². The zero-order valence-corrected chi connectivity index (χ0v) is 21.2. The monoisotopic (exact) mass is 494 g/mol. The van der Waals surface area contributed by atoms with Gasteiger partial charge in [-0.1, -0.05) is 30.3 Å². The van der Waals surface area contributed by atoms with E-state index in [1.54, 1.807) is 24.6 Å². The number of carbonyl (C=O) groups is 2. The molecule has 3 heterocycles. The Kier molecular flexibility index (Phi) is 7.61. The lowest BCUT2D eigenvalue weighted by molar-refractivity contribution is -0.124. The van der Waals surface area contributed by atoms with Crippen LogP contribution in [0.1, 0.15) is 49.7 Å². The zero-order chi connectivity index (χ0) is 25.9. The van der Waals surface area contributed by atoms with Crippen LogP contribution in [-0.4, -0.2) is 58.0 Å². The predicted octanol–water partition coefficient (Wildman–Crippen LogP) is 3.75. The van der Waals surface area contributed by atoms with Crippen molar-refractivity contribution in [2.45, 2.75) is 64.3 Å². The largest absolute Gasteiger partial charge is 0.464 e. The van der Waals surface area contributed by atoms with E-state index in [0.717, 1.165) is 12.0 Å². The molecule has 0 unspecified atom stereocenters. The number of nitrogens with zero attached hydrogens (tertiary/aromatic N) is 2. The lowest BCUT2D eigenvalue weighted by atomic mass is 10.0. The van der Waals surface area contributed by atoms with E-state index in [4.69, 9.17) is 9.47 Å². The number of pyridine rings is 1. The molecule has 0 radical (unpaired) electrons. The number of benzene rings is 1. The number of aliphatic hydroxyl groups is 1. The minimum absolute atomic E-state index is 0.231. The fourth-order valence-corrected chi connectivity index (χ4v) is 4.26. The Hall–Kier alpha value is -3.43. The van der Waals surface area contributed by atoms with Crippen molar-refractivity contribution in [1.82, 2.24) is 9.55 Å². The topological polar surface area (TPSA) is 115 Å². The minimum Gasteiger partial charge on any atom is -0.464 e. The SMILES string of the molecule is COC(=O)c1c(NC(=O)[C@@H]2CCCO2)c2cc(N[C@@H](C)C(C)(C)O)cnc2n1CCc1ccccc1. The van der Waals surface area contributed by atoms with Gasteiger partial charge in [0.15, 0.2) is 5.69 Å². The summed E-state index contributed by atoms with van der Waals surface area (Å²) in [5.41, 5.74) is 1.92. The summed E-state index contributed by atoms with van der Waals surface area (Å²) in [5, 5.41) is 17.2. The molecule has 1 aliphatic heterocycles. The van der Waals surface area contributed by atoms with Crippen LogP contribution in [0.3, 0.4) is 0 Å². The van der Waals surface area contributed by atoms with Crippen LogP contribution in [-0.2, 0) is 27.2 Å². The van der Waals surface area contributed by atoms with Crippen LogP contribution in [0.2, 0.25) is 0 Å². The Balaban J connectivity index is 1.80. The van der Waals surface area contributed by atoms with Crippen LogP contribution in [0.4, 0.5) is 11.4 Å². The third kappa shape index (κ3) is 5.52. The van der Waals surface area contributed by atoms with Crippen LogP contribution >= 0.6 is 0 Å². The number of hydrogen-bond acceptors (Lipinski definition) is 7. The Morgan fingerprint density at radius 3 is 2.69 bits per heavy atom. The first-order valence-corrected chi connectivity index (χ1v) is 12.2. The molecule has 1 fully saturated rings. The van der Waals surface area contributed by atoms with Crippen molar-refractivity contribution in [2.75, 3.05) is 24.4 Å². The van der Waals surface area contributed by atoms with E-state index in [0.29, 0.717) is 48.4 Å². The molecule has 36 heavy (non-hydrogen) atoms. The highest BCUT2D eigenvalue weighted by Crippen LogP contribution is 2.34. The number of esters is 1. The Morgan fingerprint density at radius 2 is 2.06 bits per heavy atom. The molecule has 2 atom stereocenters. The maximum Gasteiger partial charge on any atom is 0.356 e. The average Bonchev–Trinajstić information content (AvgIpc) is 3.49. The number of rotatable bonds is 9. The van der Waals surface area contributed by atoms with Crippen molar-refractivity contribution >= 4 is 34.3 Å². The number of nitrogens with one attached hydrogen (secondary N) is 2. The summed E-state index contributed by atoms with van der Waals surface area (Å²) in [7, 11) is 1.32. The number of aromatic nitrogens is 2. The fourth-order valence-electron chi connectivity index (χ4n) is 4.26. The highest BCUT2D eigenvalue weighted by Gasteiger charge is 2.30. The van der Waals surface area contributed by atoms with Gasteiger partial charge in [0.2, 0.25) is 0 Å². The van der Waals surface area contributed by atoms with E-state index < -0.39 is 17.7 Å². The summed E-state index contributed by atoms with van der Waals surface area (Å²) in [4.78, 5) is 30.7. The first-order chi connectivity index (χ1) is 17.2. The van der Waals surface area contributed by atoms with E-state index in [9.17, 15) is 14.7 Å². The van der Waals surface area contributed by atoms with Crippen LogP contribution < -0.4 is 10.6 Å². The Bertz CT molecular complexity index is 1230. The van der Waals surface area contributed by atoms with Crippen molar-refractivity contribution in [3.8, 4) is 0 Å². The summed E-state index contributed by atoms with van der Waals surface area (Å²) in [6, 6.07) is 11.5. The molecule has 0 spiro atoms. The summed E-state index contributed by atoms with van der Waals surface area (Å²) in [5.74, 6) is -0.869. The maximum absolute atomic E-state index is 13.0. The van der Waals surface area contributed by atoms with E-state index in [-0.39, 0.29) is 17.6 Å². The first-order valence-electron chi connectivity index (χ1n) is 12.2. The maximum atomic E-state index is 13.0. The summed E-state index contributed by atoms with van der Waals surface area (Å²) in [6.07, 6.45) is 3.19. The second kappa shape index (κ2) is 10.7. The molecule has 1 amide bonds. The molecule has 9 heteroatoms. The second-order valence-electron chi connectivity index (χ2n) is 9.71. The normalized spacial score (nSPS) is 16.6. The molecule has 2 aromatic heterocycles. The fraction of sp³-hybridized carbons (Fsp3) is 0.444. The molecule has 0 aliphatic carbocycles. The number of anilines is 2. The van der Waals surface area contributed by atoms with Gasteiger partial charge in [0, 0.05) is 18.5 Å². The third-order valence-corrected chi connectivity index (χ3v) is 6.66. The van der Waals surface area contributed by atoms with Gasteiger partial charge in [-0.25, -0.2) is 9.78 Å². The minimum atomic E-state index is -0.968. The van der Waals surface area contributed by atoms with Crippen molar-refractivity contribution in [3.05, 3.63) is 53.9 Å². The van der Waals surface area contributed by atoms with Gasteiger partial charge in [-0.3, -0.25) is 4.79 Å². The highest BCUT2D eigenvalue weighted by atomic mass is 16.5. The molecule has 3 aromatic rings. The van der Waals surface area contributed by atoms with Crippen molar-refractivity contribution in [1.29, 1.82) is 0 Å². The first kappa shape index (κ1) is 25.7. The van der Waals surface area contributed by atoms with Gasteiger partial charge in [0.05, 0.1) is 36.3 Å². The van der Waals surface area contributed by atoms with E-state index in [1.807, 2.05) is 43.3 Å². The zero-order valence-electron chi connectivity index (χ0n) is 21.2. The summed E-state index contributed by atoms with van der Waals surface area (Å²) >= 11 is 0. The molecular weight excluding hydrogens is 460 g/mol. The number of fused-ring (bicyclic) bond motifs is 1. The Morgan fingerprint density at radius 1 is 1.31 bits per heavy atom. The standard InChI is InChI=1S/C27H34N4O5/c1-17(27(2,3)34)29-19-15-20-22(30-25(32)21-11-8-14-36-21)23(26(33)35-4)31(24(20)28-16-19)13-12-18-9-6-5-7-10-18/h5-7,9-10,15-17,21,29,34H,8,11-14H2,1-4H3,(H,30,32)/t17-,21-/m0/s1. The van der Waals surface area contributed by atoms with Gasteiger partial charge in [-0.15, -0.1) is 0 Å². The lowest BCUT2D eigenvalue weighted by Crippen LogP contribution is -2.39. The second-order valence-corrected chi connectivity index (χ2v) is 9.71. The predicted molar refractivity (Wildman–Crippen MR) is 138 cm³/mol. The van der Waals surface area contributed by atoms with Crippen molar-refractivity contribution in [3.63, 3.8) is 0 Å². The molecule has 192 valence electrons. The van der Waals surface area contributed by atoms with Crippen molar-refractivity contribution < 1.29 is 24.2 Å². The van der Waals surface area contributed by atoms with Gasteiger partial charge in [-0.2, -0.15) is 0 Å². The van der Waals surface area contributed by atoms with Gasteiger partial charge < -0.3 is 29.8 Å². The van der Waals surface area contributed by atoms with Crippen LogP contribution in [0, 0.1) is 0 Å². The molecule has 3 N–H and O–H groups in total. The lowest BCUT2D eigenvalue weighted by Gasteiger charge is -2.27. The molecule has 9 nitrogen and oxygen atoms in total. The number of ether oxygens (including phenoxy) is 2. The van der Waals surface area contributed by atoms with E-state index in [2.05, 4.69) is 15.6 Å². The van der Waals surface area contributed by atoms with Crippen LogP contribution in [0.15, 0.2) is 42.6 Å².